The fourth-order valence-electron chi connectivity index (χ4n) is 1.71. The Balaban J connectivity index is 2.41. The van der Waals surface area contributed by atoms with Crippen molar-refractivity contribution in [2.24, 2.45) is 0 Å². The van der Waals surface area contributed by atoms with Crippen LogP contribution >= 0.6 is 11.3 Å². The molecule has 0 fully saturated rings. The molecular weight excluding hydrogens is 238 g/mol. The lowest BCUT2D eigenvalue weighted by molar-refractivity contribution is 0.406. The van der Waals surface area contributed by atoms with Gasteiger partial charge in [-0.05, 0) is 13.8 Å². The predicted octanol–water partition coefficient (Wildman–Crippen LogP) is 1.37. The summed E-state index contributed by atoms with van der Waals surface area (Å²) in [6.07, 6.45) is 1.75. The first-order valence-corrected chi connectivity index (χ1v) is 6.01. The van der Waals surface area contributed by atoms with Gasteiger partial charge < -0.3 is 4.74 Å². The van der Waals surface area contributed by atoms with Crippen LogP contribution in [0.3, 0.4) is 0 Å². The van der Waals surface area contributed by atoms with Crippen molar-refractivity contribution in [3.8, 4) is 5.75 Å². The van der Waals surface area contributed by atoms with Crippen molar-refractivity contribution in [2.75, 3.05) is 7.11 Å². The van der Waals surface area contributed by atoms with Crippen molar-refractivity contribution in [3.63, 3.8) is 0 Å². The molecule has 90 valence electrons. The molecule has 0 N–H and O–H groups in total. The molecule has 0 atom stereocenters. The molecule has 0 aromatic carbocycles. The maximum absolute atomic E-state index is 11.4. The summed E-state index contributed by atoms with van der Waals surface area (Å²) in [6.45, 7) is 4.26. The predicted molar refractivity (Wildman–Crippen MR) is 65.7 cm³/mol. The lowest BCUT2D eigenvalue weighted by Crippen LogP contribution is -2.17. The van der Waals surface area contributed by atoms with Gasteiger partial charge in [0.15, 0.2) is 0 Å². The number of nitrogens with zero attached hydrogens (tertiary/aromatic N) is 3. The van der Waals surface area contributed by atoms with Gasteiger partial charge in [0.1, 0.15) is 11.3 Å². The molecule has 0 amide bonds. The van der Waals surface area contributed by atoms with Crippen LogP contribution in [-0.4, -0.2) is 21.9 Å². The molecule has 0 radical (unpaired) electrons. The summed E-state index contributed by atoms with van der Waals surface area (Å²) in [7, 11) is 1.63. The number of hydrogen-bond donors (Lipinski definition) is 0. The summed E-state index contributed by atoms with van der Waals surface area (Å²) in [5.74, 6) is 0.818. The van der Waals surface area contributed by atoms with Crippen LogP contribution in [0.4, 0.5) is 0 Å². The Morgan fingerprint density at radius 1 is 1.47 bits per heavy atom. The molecule has 0 aliphatic carbocycles. The topological polar surface area (TPSA) is 57.0 Å². The molecule has 0 aliphatic heterocycles. The summed E-state index contributed by atoms with van der Waals surface area (Å²) >= 11 is 1.08. The smallest absolute Gasteiger partial charge is 0.325 e. The Morgan fingerprint density at radius 2 is 2.24 bits per heavy atom. The summed E-state index contributed by atoms with van der Waals surface area (Å²) in [4.78, 5) is 15.7. The number of pyridine rings is 1. The Kier molecular flexibility index (Phi) is 3.23. The molecule has 2 aromatic heterocycles. The highest BCUT2D eigenvalue weighted by Gasteiger charge is 2.11. The van der Waals surface area contributed by atoms with Crippen LogP contribution in [-0.2, 0) is 6.54 Å². The minimum Gasteiger partial charge on any atom is -0.496 e. The second-order valence-electron chi connectivity index (χ2n) is 3.71. The standard InChI is InChI=1S/C11H13N3O2S/c1-7-4-12-9(8(2)10(7)16-3)5-14-11(15)17-6-13-14/h4,6H,5H2,1-3H3. The Labute approximate surface area is 103 Å². The molecular formula is C11H13N3O2S. The van der Waals surface area contributed by atoms with Crippen molar-refractivity contribution in [1.29, 1.82) is 0 Å². The molecule has 0 unspecified atom stereocenters. The fourth-order valence-corrected chi connectivity index (χ4v) is 2.20. The zero-order valence-electron chi connectivity index (χ0n) is 9.93. The second kappa shape index (κ2) is 4.67. The normalized spacial score (nSPS) is 10.5. The van der Waals surface area contributed by atoms with Gasteiger partial charge in [-0.3, -0.25) is 9.78 Å². The number of aryl methyl sites for hydroxylation is 1. The van der Waals surface area contributed by atoms with Crippen LogP contribution < -0.4 is 9.61 Å². The van der Waals surface area contributed by atoms with Crippen LogP contribution in [0.5, 0.6) is 5.75 Å². The van der Waals surface area contributed by atoms with E-state index in [9.17, 15) is 4.79 Å². The van der Waals surface area contributed by atoms with Crippen molar-refractivity contribution in [3.05, 3.63) is 38.2 Å². The Morgan fingerprint density at radius 3 is 2.82 bits per heavy atom. The largest absolute Gasteiger partial charge is 0.496 e. The van der Waals surface area contributed by atoms with E-state index in [0.29, 0.717) is 6.54 Å². The SMILES string of the molecule is COc1c(C)cnc(Cn2ncsc2=O)c1C. The Hall–Kier alpha value is -1.69. The van der Waals surface area contributed by atoms with Crippen molar-refractivity contribution in [1.82, 2.24) is 14.8 Å². The number of rotatable bonds is 3. The molecule has 0 saturated carbocycles. The van der Waals surface area contributed by atoms with E-state index in [-0.39, 0.29) is 4.87 Å². The third-order valence-corrected chi connectivity index (χ3v) is 3.21. The van der Waals surface area contributed by atoms with Crippen molar-refractivity contribution >= 4 is 11.3 Å². The molecule has 0 aliphatic rings. The quantitative estimate of drug-likeness (QED) is 0.826. The van der Waals surface area contributed by atoms with E-state index < -0.39 is 0 Å². The first-order chi connectivity index (χ1) is 8.13. The fraction of sp³-hybridized carbons (Fsp3) is 0.364. The third kappa shape index (κ3) is 2.21. The average Bonchev–Trinajstić information content (AvgIpc) is 2.69. The first kappa shape index (κ1) is 11.8. The van der Waals surface area contributed by atoms with E-state index in [4.69, 9.17) is 4.74 Å². The van der Waals surface area contributed by atoms with Gasteiger partial charge >= 0.3 is 4.87 Å². The highest BCUT2D eigenvalue weighted by atomic mass is 32.1. The first-order valence-electron chi connectivity index (χ1n) is 5.13. The van der Waals surface area contributed by atoms with Gasteiger partial charge in [-0.1, -0.05) is 11.3 Å². The Bertz CT molecular complexity index is 589. The molecule has 2 aromatic rings. The zero-order chi connectivity index (χ0) is 12.4. The lowest BCUT2D eigenvalue weighted by atomic mass is 10.1. The maximum atomic E-state index is 11.4. The van der Waals surface area contributed by atoms with Crippen LogP contribution in [0.1, 0.15) is 16.8 Å². The maximum Gasteiger partial charge on any atom is 0.325 e. The zero-order valence-corrected chi connectivity index (χ0v) is 10.7. The third-order valence-electron chi connectivity index (χ3n) is 2.60. The number of hydrogen-bond acceptors (Lipinski definition) is 5. The van der Waals surface area contributed by atoms with Gasteiger partial charge in [-0.2, -0.15) is 5.10 Å². The van der Waals surface area contributed by atoms with Crippen LogP contribution in [0.2, 0.25) is 0 Å². The molecule has 5 nitrogen and oxygen atoms in total. The van der Waals surface area contributed by atoms with Gasteiger partial charge in [0.05, 0.1) is 19.3 Å². The summed E-state index contributed by atoms with van der Waals surface area (Å²) in [5, 5.41) is 3.97. The van der Waals surface area contributed by atoms with E-state index in [1.165, 1.54) is 10.2 Å². The van der Waals surface area contributed by atoms with Gasteiger partial charge in [0.2, 0.25) is 0 Å². The summed E-state index contributed by atoms with van der Waals surface area (Å²) < 4.78 is 6.72. The average molecular weight is 251 g/mol. The van der Waals surface area contributed by atoms with Gasteiger partial charge in [-0.15, -0.1) is 0 Å². The minimum atomic E-state index is -0.0780. The van der Waals surface area contributed by atoms with E-state index >= 15 is 0 Å². The lowest BCUT2D eigenvalue weighted by Gasteiger charge is -2.11. The van der Waals surface area contributed by atoms with Crippen LogP contribution in [0.15, 0.2) is 16.5 Å². The van der Waals surface area contributed by atoms with E-state index in [1.54, 1.807) is 13.3 Å². The second-order valence-corrected chi connectivity index (χ2v) is 4.50. The molecule has 17 heavy (non-hydrogen) atoms. The van der Waals surface area contributed by atoms with E-state index in [2.05, 4.69) is 10.1 Å². The summed E-state index contributed by atoms with van der Waals surface area (Å²) in [5.41, 5.74) is 4.27. The van der Waals surface area contributed by atoms with Crippen molar-refractivity contribution in [2.45, 2.75) is 20.4 Å². The van der Waals surface area contributed by atoms with Crippen LogP contribution in [0.25, 0.3) is 0 Å². The van der Waals surface area contributed by atoms with Gasteiger partial charge in [-0.25, -0.2) is 4.68 Å². The highest BCUT2D eigenvalue weighted by molar-refractivity contribution is 7.06. The minimum absolute atomic E-state index is 0.0780. The molecule has 0 saturated heterocycles. The van der Waals surface area contributed by atoms with Gasteiger partial charge in [0.25, 0.3) is 0 Å². The molecule has 2 heterocycles. The summed E-state index contributed by atoms with van der Waals surface area (Å²) in [6, 6.07) is 0. The molecule has 0 spiro atoms. The number of aromatic nitrogens is 3. The van der Waals surface area contributed by atoms with Gasteiger partial charge in [0, 0.05) is 17.3 Å². The van der Waals surface area contributed by atoms with Crippen molar-refractivity contribution < 1.29 is 4.74 Å². The number of methoxy groups -OCH3 is 1. The van der Waals surface area contributed by atoms with Crippen LogP contribution in [0, 0.1) is 13.8 Å². The molecule has 6 heteroatoms. The van der Waals surface area contributed by atoms with E-state index in [0.717, 1.165) is 33.9 Å². The molecule has 2 rings (SSSR count). The highest BCUT2D eigenvalue weighted by Crippen LogP contribution is 2.24. The molecule has 0 bridgehead atoms. The monoisotopic (exact) mass is 251 g/mol. The van der Waals surface area contributed by atoms with E-state index in [1.807, 2.05) is 13.8 Å². The number of ether oxygens (including phenoxy) is 1.